The van der Waals surface area contributed by atoms with Crippen LogP contribution < -0.4 is 0 Å². The van der Waals surface area contributed by atoms with Crippen molar-refractivity contribution in [1.29, 1.82) is 0 Å². The zero-order valence-electron chi connectivity index (χ0n) is 14.5. The fourth-order valence-electron chi connectivity index (χ4n) is 3.58. The Morgan fingerprint density at radius 3 is 2.76 bits per heavy atom. The third kappa shape index (κ3) is 2.26. The Hall–Kier alpha value is -2.69. The summed E-state index contributed by atoms with van der Waals surface area (Å²) in [4.78, 5) is 9.91. The van der Waals surface area contributed by atoms with E-state index in [4.69, 9.17) is 9.97 Å². The van der Waals surface area contributed by atoms with Crippen LogP contribution in [0.5, 0.6) is 0 Å². The second-order valence-electron chi connectivity index (χ2n) is 7.31. The maximum absolute atomic E-state index is 4.96. The van der Waals surface area contributed by atoms with Crippen molar-refractivity contribution in [2.45, 2.75) is 44.9 Å². The Balaban J connectivity index is 1.78. The van der Waals surface area contributed by atoms with Gasteiger partial charge in [0.15, 0.2) is 5.65 Å². The van der Waals surface area contributed by atoms with Gasteiger partial charge in [-0.15, -0.1) is 0 Å². The van der Waals surface area contributed by atoms with Crippen LogP contribution in [0.25, 0.3) is 27.8 Å². The summed E-state index contributed by atoms with van der Waals surface area (Å²) in [5.41, 5.74) is 5.23. The highest BCUT2D eigenvalue weighted by atomic mass is 15.1. The van der Waals surface area contributed by atoms with Crippen LogP contribution in [0.4, 0.5) is 0 Å². The lowest BCUT2D eigenvalue weighted by Gasteiger charge is -2.25. The van der Waals surface area contributed by atoms with E-state index in [1.54, 1.807) is 0 Å². The van der Waals surface area contributed by atoms with Crippen molar-refractivity contribution in [3.8, 4) is 5.69 Å². The van der Waals surface area contributed by atoms with Gasteiger partial charge in [-0.05, 0) is 49.1 Å². The lowest BCUT2D eigenvalue weighted by atomic mass is 9.85. The number of benzene rings is 1. The molecule has 0 bridgehead atoms. The highest BCUT2D eigenvalue weighted by molar-refractivity contribution is 5.82. The summed E-state index contributed by atoms with van der Waals surface area (Å²) in [5, 5.41) is 8.28. The highest BCUT2D eigenvalue weighted by Crippen LogP contribution is 2.38. The molecule has 0 unspecified atom stereocenters. The normalized spacial score (nSPS) is 15.3. The van der Waals surface area contributed by atoms with E-state index in [0.717, 1.165) is 39.3 Å². The zero-order chi connectivity index (χ0) is 17.0. The van der Waals surface area contributed by atoms with Crippen molar-refractivity contribution >= 4 is 22.1 Å². The van der Waals surface area contributed by atoms with Gasteiger partial charge in [0.05, 0.1) is 11.7 Å². The first-order valence-corrected chi connectivity index (χ1v) is 9.03. The molecule has 0 saturated heterocycles. The maximum Gasteiger partial charge on any atom is 0.164 e. The molecule has 1 aliphatic rings. The SMILES string of the molecule is CC(C)c1ccc2nc(C3CCC3)n(-c3ccc4[nH]ncc4c3)c2n1. The van der Waals surface area contributed by atoms with Gasteiger partial charge >= 0.3 is 0 Å². The first kappa shape index (κ1) is 14.6. The lowest BCUT2D eigenvalue weighted by Crippen LogP contribution is -2.15. The second-order valence-corrected chi connectivity index (χ2v) is 7.31. The number of imidazole rings is 1. The number of nitrogens with zero attached hydrogens (tertiary/aromatic N) is 4. The van der Waals surface area contributed by atoms with E-state index in [0.29, 0.717) is 11.8 Å². The molecular formula is C20H21N5. The summed E-state index contributed by atoms with van der Waals surface area (Å²) in [6.45, 7) is 4.36. The van der Waals surface area contributed by atoms with Crippen molar-refractivity contribution in [1.82, 2.24) is 24.7 Å². The number of aromatic amines is 1. The number of rotatable bonds is 3. The molecule has 0 atom stereocenters. The molecule has 25 heavy (non-hydrogen) atoms. The van der Waals surface area contributed by atoms with Gasteiger partial charge in [-0.25, -0.2) is 9.97 Å². The largest absolute Gasteiger partial charge is 0.280 e. The highest BCUT2D eigenvalue weighted by Gasteiger charge is 2.27. The molecule has 3 aromatic heterocycles. The minimum Gasteiger partial charge on any atom is -0.280 e. The van der Waals surface area contributed by atoms with Gasteiger partial charge in [-0.1, -0.05) is 20.3 Å². The van der Waals surface area contributed by atoms with Gasteiger partial charge in [-0.3, -0.25) is 9.67 Å². The molecule has 4 aromatic rings. The van der Waals surface area contributed by atoms with Gasteiger partial charge in [0, 0.05) is 22.7 Å². The van der Waals surface area contributed by atoms with E-state index in [1.165, 1.54) is 19.3 Å². The number of hydrogen-bond donors (Lipinski definition) is 1. The number of pyridine rings is 1. The van der Waals surface area contributed by atoms with Crippen LogP contribution in [0, 0.1) is 0 Å². The summed E-state index contributed by atoms with van der Waals surface area (Å²) >= 11 is 0. The number of aromatic nitrogens is 5. The van der Waals surface area contributed by atoms with Crippen molar-refractivity contribution in [3.63, 3.8) is 0 Å². The lowest BCUT2D eigenvalue weighted by molar-refractivity contribution is 0.399. The van der Waals surface area contributed by atoms with Crippen LogP contribution in [-0.2, 0) is 0 Å². The Labute approximate surface area is 146 Å². The van der Waals surface area contributed by atoms with E-state index in [1.807, 2.05) is 6.20 Å². The third-order valence-corrected chi connectivity index (χ3v) is 5.30. The molecule has 0 amide bonds. The van der Waals surface area contributed by atoms with E-state index in [2.05, 4.69) is 58.9 Å². The van der Waals surface area contributed by atoms with E-state index in [-0.39, 0.29) is 0 Å². The summed E-state index contributed by atoms with van der Waals surface area (Å²) in [6, 6.07) is 10.6. The van der Waals surface area contributed by atoms with Crippen molar-refractivity contribution in [2.24, 2.45) is 0 Å². The first-order chi connectivity index (χ1) is 12.2. The van der Waals surface area contributed by atoms with Crippen molar-refractivity contribution in [3.05, 3.63) is 48.0 Å². The standard InChI is InChI=1S/C20H21N5/c1-12(2)16-8-9-18-20(22-16)25(19(23-18)13-4-3-5-13)15-6-7-17-14(10-15)11-21-24-17/h6-13H,3-5H2,1-2H3,(H,21,24). The van der Waals surface area contributed by atoms with Crippen molar-refractivity contribution in [2.75, 3.05) is 0 Å². The van der Waals surface area contributed by atoms with Gasteiger partial charge in [0.1, 0.15) is 11.3 Å². The monoisotopic (exact) mass is 331 g/mol. The van der Waals surface area contributed by atoms with Crippen LogP contribution in [0.3, 0.4) is 0 Å². The zero-order valence-corrected chi connectivity index (χ0v) is 14.5. The Morgan fingerprint density at radius 1 is 1.12 bits per heavy atom. The van der Waals surface area contributed by atoms with E-state index >= 15 is 0 Å². The van der Waals surface area contributed by atoms with Crippen LogP contribution in [-0.4, -0.2) is 24.7 Å². The predicted molar refractivity (Wildman–Crippen MR) is 99.2 cm³/mol. The smallest absolute Gasteiger partial charge is 0.164 e. The molecule has 1 saturated carbocycles. The van der Waals surface area contributed by atoms with Gasteiger partial charge in [0.2, 0.25) is 0 Å². The molecule has 0 radical (unpaired) electrons. The molecule has 1 aliphatic carbocycles. The molecule has 0 spiro atoms. The molecule has 5 rings (SSSR count). The van der Waals surface area contributed by atoms with Gasteiger partial charge < -0.3 is 0 Å². The molecule has 1 aromatic carbocycles. The van der Waals surface area contributed by atoms with Crippen LogP contribution in [0.15, 0.2) is 36.5 Å². The van der Waals surface area contributed by atoms with E-state index < -0.39 is 0 Å². The number of hydrogen-bond acceptors (Lipinski definition) is 3. The molecule has 1 fully saturated rings. The van der Waals surface area contributed by atoms with Crippen LogP contribution in [0.1, 0.15) is 56.5 Å². The first-order valence-electron chi connectivity index (χ1n) is 9.03. The fraction of sp³-hybridized carbons (Fsp3) is 0.350. The second kappa shape index (κ2) is 5.41. The fourth-order valence-corrected chi connectivity index (χ4v) is 3.58. The Bertz CT molecular complexity index is 1070. The number of fused-ring (bicyclic) bond motifs is 2. The van der Waals surface area contributed by atoms with Gasteiger partial charge in [-0.2, -0.15) is 5.10 Å². The molecule has 126 valence electrons. The maximum atomic E-state index is 4.96. The summed E-state index contributed by atoms with van der Waals surface area (Å²) in [7, 11) is 0. The minimum absolute atomic E-state index is 0.399. The molecule has 5 heteroatoms. The molecule has 0 aliphatic heterocycles. The quantitative estimate of drug-likeness (QED) is 0.592. The van der Waals surface area contributed by atoms with Crippen molar-refractivity contribution < 1.29 is 0 Å². The summed E-state index contributed by atoms with van der Waals surface area (Å²) < 4.78 is 2.26. The summed E-state index contributed by atoms with van der Waals surface area (Å²) in [6.07, 6.45) is 5.59. The molecule has 3 heterocycles. The Kier molecular flexibility index (Phi) is 3.17. The average molecular weight is 331 g/mol. The van der Waals surface area contributed by atoms with Crippen LogP contribution in [0.2, 0.25) is 0 Å². The van der Waals surface area contributed by atoms with E-state index in [9.17, 15) is 0 Å². The van der Waals surface area contributed by atoms with Crippen LogP contribution >= 0.6 is 0 Å². The average Bonchev–Trinajstić information content (AvgIpc) is 3.15. The predicted octanol–water partition coefficient (Wildman–Crippen LogP) is 4.69. The minimum atomic E-state index is 0.399. The molecule has 1 N–H and O–H groups in total. The topological polar surface area (TPSA) is 59.4 Å². The third-order valence-electron chi connectivity index (χ3n) is 5.30. The number of H-pyrrole nitrogens is 1. The van der Waals surface area contributed by atoms with Gasteiger partial charge in [0.25, 0.3) is 0 Å². The molecule has 5 nitrogen and oxygen atoms in total. The summed E-state index contributed by atoms with van der Waals surface area (Å²) in [5.74, 6) is 2.09. The Morgan fingerprint density at radius 2 is 2.00 bits per heavy atom. The number of nitrogens with one attached hydrogen (secondary N) is 1. The molecular weight excluding hydrogens is 310 g/mol.